The molecule has 1 N–H and O–H groups in total. The Morgan fingerprint density at radius 1 is 1.40 bits per heavy atom. The molecule has 2 aromatic rings. The second kappa shape index (κ2) is 6.05. The van der Waals surface area contributed by atoms with E-state index >= 15 is 0 Å². The number of fused-ring (bicyclic) bond motifs is 1. The number of hydrogen-bond acceptors (Lipinski definition) is 4. The molecule has 0 spiro atoms. The van der Waals surface area contributed by atoms with Gasteiger partial charge >= 0.3 is 0 Å². The standard InChI is InChI=1S/C14H18N2O2S2/c1-4-9-16(3)20(17,18)14-11-7-5-6-8-12(11)19-13(14)10-15-2/h4-8,15H,1,9-10H2,2-3H3. The van der Waals surface area contributed by atoms with Gasteiger partial charge in [-0.3, -0.25) is 0 Å². The molecular formula is C14H18N2O2S2. The summed E-state index contributed by atoms with van der Waals surface area (Å²) in [6.45, 7) is 4.44. The third-order valence-electron chi connectivity index (χ3n) is 3.01. The van der Waals surface area contributed by atoms with Crippen LogP contribution in [-0.4, -0.2) is 33.4 Å². The third kappa shape index (κ3) is 2.64. The fourth-order valence-corrected chi connectivity index (χ4v) is 5.11. The van der Waals surface area contributed by atoms with E-state index in [4.69, 9.17) is 0 Å². The zero-order valence-corrected chi connectivity index (χ0v) is 13.2. The Hall–Kier alpha value is -1.21. The Labute approximate surface area is 123 Å². The highest BCUT2D eigenvalue weighted by Gasteiger charge is 2.27. The van der Waals surface area contributed by atoms with Crippen LogP contribution in [0.2, 0.25) is 0 Å². The third-order valence-corrected chi connectivity index (χ3v) is 6.26. The van der Waals surface area contributed by atoms with Crippen LogP contribution in [0.15, 0.2) is 41.8 Å². The largest absolute Gasteiger partial charge is 0.315 e. The van der Waals surface area contributed by atoms with Crippen LogP contribution in [0.4, 0.5) is 0 Å². The van der Waals surface area contributed by atoms with E-state index in [1.807, 2.05) is 31.3 Å². The van der Waals surface area contributed by atoms with Crippen molar-refractivity contribution in [3.05, 3.63) is 41.8 Å². The van der Waals surface area contributed by atoms with E-state index in [1.165, 1.54) is 15.6 Å². The molecule has 0 radical (unpaired) electrons. The number of thiophene rings is 1. The van der Waals surface area contributed by atoms with Gasteiger partial charge in [0.15, 0.2) is 0 Å². The Morgan fingerprint density at radius 3 is 2.75 bits per heavy atom. The predicted molar refractivity (Wildman–Crippen MR) is 84.6 cm³/mol. The van der Waals surface area contributed by atoms with Crippen molar-refractivity contribution in [1.82, 2.24) is 9.62 Å². The van der Waals surface area contributed by atoms with Gasteiger partial charge in [0.25, 0.3) is 0 Å². The topological polar surface area (TPSA) is 49.4 Å². The first-order valence-electron chi connectivity index (χ1n) is 6.24. The Bertz CT molecular complexity index is 720. The summed E-state index contributed by atoms with van der Waals surface area (Å²) in [5.41, 5.74) is 0. The molecule has 0 bridgehead atoms. The van der Waals surface area contributed by atoms with E-state index in [0.717, 1.165) is 15.0 Å². The molecule has 0 atom stereocenters. The Balaban J connectivity index is 2.67. The number of rotatable bonds is 6. The normalized spacial score (nSPS) is 12.2. The van der Waals surface area contributed by atoms with Gasteiger partial charge in [-0.25, -0.2) is 8.42 Å². The maximum Gasteiger partial charge on any atom is 0.244 e. The van der Waals surface area contributed by atoms with Crippen LogP contribution in [0.25, 0.3) is 10.1 Å². The first-order valence-corrected chi connectivity index (χ1v) is 8.50. The number of hydrogen-bond donors (Lipinski definition) is 1. The van der Waals surface area contributed by atoms with Gasteiger partial charge < -0.3 is 5.32 Å². The van der Waals surface area contributed by atoms with Crippen molar-refractivity contribution in [3.8, 4) is 0 Å². The highest BCUT2D eigenvalue weighted by Crippen LogP contribution is 2.35. The zero-order chi connectivity index (χ0) is 14.8. The predicted octanol–water partition coefficient (Wildman–Crippen LogP) is 2.43. The van der Waals surface area contributed by atoms with Crippen molar-refractivity contribution >= 4 is 31.4 Å². The van der Waals surface area contributed by atoms with Crippen LogP contribution in [0.3, 0.4) is 0 Å². The van der Waals surface area contributed by atoms with Gasteiger partial charge in [0.05, 0.1) is 0 Å². The van der Waals surface area contributed by atoms with Crippen molar-refractivity contribution in [2.75, 3.05) is 20.6 Å². The van der Waals surface area contributed by atoms with Gasteiger partial charge in [-0.1, -0.05) is 24.3 Å². The molecule has 6 heteroatoms. The minimum Gasteiger partial charge on any atom is -0.315 e. The molecule has 1 aromatic carbocycles. The molecule has 0 aliphatic heterocycles. The van der Waals surface area contributed by atoms with E-state index in [9.17, 15) is 8.42 Å². The molecule has 0 fully saturated rings. The summed E-state index contributed by atoms with van der Waals surface area (Å²) in [5, 5.41) is 3.83. The van der Waals surface area contributed by atoms with Crippen LogP contribution < -0.4 is 5.32 Å². The van der Waals surface area contributed by atoms with Gasteiger partial charge in [0, 0.05) is 35.1 Å². The van der Waals surface area contributed by atoms with Crippen molar-refractivity contribution in [1.29, 1.82) is 0 Å². The molecule has 0 unspecified atom stereocenters. The molecule has 1 heterocycles. The van der Waals surface area contributed by atoms with E-state index in [1.54, 1.807) is 13.1 Å². The fourth-order valence-electron chi connectivity index (χ4n) is 2.07. The lowest BCUT2D eigenvalue weighted by molar-refractivity contribution is 0.499. The number of sulfonamides is 1. The molecule has 0 aliphatic rings. The summed E-state index contributed by atoms with van der Waals surface area (Å²) in [6, 6.07) is 7.60. The van der Waals surface area contributed by atoms with Gasteiger partial charge in [-0.2, -0.15) is 4.31 Å². The lowest BCUT2D eigenvalue weighted by Gasteiger charge is -2.16. The number of benzene rings is 1. The first kappa shape index (κ1) is 15.2. The van der Waals surface area contributed by atoms with E-state index in [2.05, 4.69) is 11.9 Å². The van der Waals surface area contributed by atoms with E-state index in [-0.39, 0.29) is 0 Å². The van der Waals surface area contributed by atoms with Crippen LogP contribution in [0.1, 0.15) is 4.88 Å². The first-order chi connectivity index (χ1) is 9.52. The van der Waals surface area contributed by atoms with Crippen LogP contribution in [-0.2, 0) is 16.6 Å². The summed E-state index contributed by atoms with van der Waals surface area (Å²) >= 11 is 1.52. The second-order valence-electron chi connectivity index (χ2n) is 4.46. The smallest absolute Gasteiger partial charge is 0.244 e. The van der Waals surface area contributed by atoms with Gasteiger partial charge in [0.1, 0.15) is 4.90 Å². The van der Waals surface area contributed by atoms with E-state index in [0.29, 0.717) is 18.0 Å². The monoisotopic (exact) mass is 310 g/mol. The van der Waals surface area contributed by atoms with Gasteiger partial charge in [-0.15, -0.1) is 17.9 Å². The van der Waals surface area contributed by atoms with Crippen molar-refractivity contribution in [2.45, 2.75) is 11.4 Å². The van der Waals surface area contributed by atoms with Crippen molar-refractivity contribution in [2.24, 2.45) is 0 Å². The highest BCUT2D eigenvalue weighted by atomic mass is 32.2. The summed E-state index contributed by atoms with van der Waals surface area (Å²) in [7, 11) is -0.115. The SMILES string of the molecule is C=CCN(C)S(=O)(=O)c1c(CNC)sc2ccccc12. The van der Waals surface area contributed by atoms with Crippen molar-refractivity contribution in [3.63, 3.8) is 0 Å². The molecule has 20 heavy (non-hydrogen) atoms. The molecule has 0 saturated carbocycles. The Morgan fingerprint density at radius 2 is 2.10 bits per heavy atom. The molecule has 2 rings (SSSR count). The summed E-state index contributed by atoms with van der Waals surface area (Å²) in [5.74, 6) is 0. The minimum absolute atomic E-state index is 0.297. The molecule has 0 amide bonds. The molecule has 0 saturated heterocycles. The lowest BCUT2D eigenvalue weighted by Crippen LogP contribution is -2.27. The van der Waals surface area contributed by atoms with Crippen LogP contribution >= 0.6 is 11.3 Å². The lowest BCUT2D eigenvalue weighted by atomic mass is 10.2. The quantitative estimate of drug-likeness (QED) is 0.834. The average Bonchev–Trinajstić information content (AvgIpc) is 2.78. The number of nitrogens with one attached hydrogen (secondary N) is 1. The maximum atomic E-state index is 12.7. The number of nitrogens with zero attached hydrogens (tertiary/aromatic N) is 1. The Kier molecular flexibility index (Phi) is 4.59. The average molecular weight is 310 g/mol. The van der Waals surface area contributed by atoms with Crippen LogP contribution in [0, 0.1) is 0 Å². The zero-order valence-electron chi connectivity index (χ0n) is 11.6. The maximum absolute atomic E-state index is 12.7. The van der Waals surface area contributed by atoms with Gasteiger partial charge in [-0.05, 0) is 13.1 Å². The molecule has 0 aliphatic carbocycles. The summed E-state index contributed by atoms with van der Waals surface area (Å²) in [4.78, 5) is 1.25. The summed E-state index contributed by atoms with van der Waals surface area (Å²) in [6.07, 6.45) is 1.59. The highest BCUT2D eigenvalue weighted by molar-refractivity contribution is 7.89. The second-order valence-corrected chi connectivity index (χ2v) is 7.57. The molecule has 4 nitrogen and oxygen atoms in total. The van der Waals surface area contributed by atoms with E-state index < -0.39 is 10.0 Å². The van der Waals surface area contributed by atoms with Crippen molar-refractivity contribution < 1.29 is 8.42 Å². The van der Waals surface area contributed by atoms with Gasteiger partial charge in [0.2, 0.25) is 10.0 Å². The minimum atomic E-state index is -3.50. The molecular weight excluding hydrogens is 292 g/mol. The molecule has 108 valence electrons. The molecule has 1 aromatic heterocycles. The summed E-state index contributed by atoms with van der Waals surface area (Å²) < 4.78 is 27.8. The number of likely N-dealkylation sites (N-methyl/N-ethyl adjacent to an activating group) is 1. The fraction of sp³-hybridized carbons (Fsp3) is 0.286. The van der Waals surface area contributed by atoms with Crippen LogP contribution in [0.5, 0.6) is 0 Å².